The van der Waals surface area contributed by atoms with Crippen molar-refractivity contribution in [3.8, 4) is 0 Å². The highest BCUT2D eigenvalue weighted by molar-refractivity contribution is 5.94. The van der Waals surface area contributed by atoms with Gasteiger partial charge in [-0.2, -0.15) is 0 Å². The Morgan fingerprint density at radius 2 is 2.10 bits per heavy atom. The average molecular weight is 283 g/mol. The van der Waals surface area contributed by atoms with Crippen molar-refractivity contribution < 1.29 is 13.9 Å². The number of para-hydroxylation sites is 1. The van der Waals surface area contributed by atoms with Gasteiger partial charge in [-0.25, -0.2) is 0 Å². The molecule has 108 valence electrons. The van der Waals surface area contributed by atoms with E-state index in [4.69, 9.17) is 9.15 Å². The molecule has 21 heavy (non-hydrogen) atoms. The molecule has 0 radical (unpaired) electrons. The molecule has 3 atom stereocenters. The molecule has 2 aromatic rings. The molecule has 1 aromatic heterocycles. The van der Waals surface area contributed by atoms with Gasteiger partial charge in [0, 0.05) is 25.0 Å². The van der Waals surface area contributed by atoms with E-state index in [0.29, 0.717) is 0 Å². The minimum Gasteiger partial charge on any atom is -0.467 e. The fourth-order valence-electron chi connectivity index (χ4n) is 3.70. The van der Waals surface area contributed by atoms with Gasteiger partial charge in [-0.05, 0) is 24.6 Å². The van der Waals surface area contributed by atoms with E-state index in [1.807, 2.05) is 35.2 Å². The number of carbonyl (C=O) groups excluding carboxylic acids is 1. The van der Waals surface area contributed by atoms with E-state index in [1.54, 1.807) is 13.2 Å². The molecule has 4 heteroatoms. The maximum atomic E-state index is 12.3. The van der Waals surface area contributed by atoms with Crippen molar-refractivity contribution in [1.82, 2.24) is 0 Å². The topological polar surface area (TPSA) is 42.7 Å². The highest BCUT2D eigenvalue weighted by Crippen LogP contribution is 2.52. The molecule has 2 aliphatic heterocycles. The lowest BCUT2D eigenvalue weighted by molar-refractivity contribution is -0.117. The zero-order valence-corrected chi connectivity index (χ0v) is 11.9. The summed E-state index contributed by atoms with van der Waals surface area (Å²) in [6.45, 7) is 2.34. The maximum absolute atomic E-state index is 12.3. The van der Waals surface area contributed by atoms with Crippen LogP contribution in [0.15, 0.2) is 47.1 Å². The highest BCUT2D eigenvalue weighted by Gasteiger charge is 2.47. The Balaban J connectivity index is 1.91. The van der Waals surface area contributed by atoms with Crippen LogP contribution in [0.25, 0.3) is 0 Å². The zero-order chi connectivity index (χ0) is 14.4. The average Bonchev–Trinajstić information content (AvgIpc) is 3.17. The van der Waals surface area contributed by atoms with E-state index in [9.17, 15) is 4.79 Å². The molecule has 0 unspecified atom stereocenters. The van der Waals surface area contributed by atoms with Crippen LogP contribution in [0.2, 0.25) is 0 Å². The molecule has 0 spiro atoms. The molecular formula is C17H17NO3. The van der Waals surface area contributed by atoms with Gasteiger partial charge in [0.15, 0.2) is 0 Å². The zero-order valence-electron chi connectivity index (χ0n) is 11.9. The van der Waals surface area contributed by atoms with Crippen LogP contribution in [0.4, 0.5) is 5.69 Å². The van der Waals surface area contributed by atoms with Crippen LogP contribution < -0.4 is 4.90 Å². The second-order valence-corrected chi connectivity index (χ2v) is 5.65. The van der Waals surface area contributed by atoms with E-state index in [-0.39, 0.29) is 24.0 Å². The third kappa shape index (κ3) is 1.83. The van der Waals surface area contributed by atoms with Crippen molar-refractivity contribution in [3.05, 3.63) is 54.0 Å². The Hall–Kier alpha value is -2.07. The van der Waals surface area contributed by atoms with E-state index in [0.717, 1.165) is 30.0 Å². The standard InChI is InChI=1S/C17H17NO3/c1-11(19)18-14-6-3-2-5-12(14)17-13(8-10-21-17)16(18)15-7-4-9-20-15/h2-7,9,13,16-17H,8,10H2,1H3/t13-,16+,17-/m1/s1. The Morgan fingerprint density at radius 3 is 2.86 bits per heavy atom. The molecule has 1 saturated heterocycles. The lowest BCUT2D eigenvalue weighted by Gasteiger charge is -2.42. The molecule has 1 aromatic carbocycles. The highest BCUT2D eigenvalue weighted by atomic mass is 16.5. The van der Waals surface area contributed by atoms with Gasteiger partial charge < -0.3 is 14.1 Å². The van der Waals surface area contributed by atoms with Crippen molar-refractivity contribution in [3.63, 3.8) is 0 Å². The number of benzene rings is 1. The van der Waals surface area contributed by atoms with Crippen LogP contribution >= 0.6 is 0 Å². The number of hydrogen-bond acceptors (Lipinski definition) is 3. The second-order valence-electron chi connectivity index (χ2n) is 5.65. The molecule has 3 heterocycles. The van der Waals surface area contributed by atoms with Gasteiger partial charge in [0.05, 0.1) is 18.1 Å². The first-order valence-electron chi connectivity index (χ1n) is 7.31. The maximum Gasteiger partial charge on any atom is 0.224 e. The van der Waals surface area contributed by atoms with E-state index >= 15 is 0 Å². The summed E-state index contributed by atoms with van der Waals surface area (Å²) in [5.74, 6) is 1.12. The fourth-order valence-corrected chi connectivity index (χ4v) is 3.70. The Morgan fingerprint density at radius 1 is 1.24 bits per heavy atom. The summed E-state index contributed by atoms with van der Waals surface area (Å²) in [4.78, 5) is 14.2. The largest absolute Gasteiger partial charge is 0.467 e. The number of furan rings is 1. The van der Waals surface area contributed by atoms with Crippen LogP contribution in [0.1, 0.15) is 36.8 Å². The van der Waals surface area contributed by atoms with Crippen molar-refractivity contribution in [2.75, 3.05) is 11.5 Å². The number of nitrogens with zero attached hydrogens (tertiary/aromatic N) is 1. The number of ether oxygens (including phenoxy) is 1. The number of anilines is 1. The van der Waals surface area contributed by atoms with E-state index in [2.05, 4.69) is 6.07 Å². The van der Waals surface area contributed by atoms with Crippen LogP contribution in [0.3, 0.4) is 0 Å². The summed E-state index contributed by atoms with van der Waals surface area (Å²) in [5.41, 5.74) is 2.05. The lowest BCUT2D eigenvalue weighted by Crippen LogP contribution is -2.42. The minimum atomic E-state index is -0.0834. The summed E-state index contributed by atoms with van der Waals surface area (Å²) in [6, 6.07) is 11.8. The first kappa shape index (κ1) is 12.7. The van der Waals surface area contributed by atoms with Gasteiger partial charge >= 0.3 is 0 Å². The Bertz CT molecular complexity index is 664. The smallest absolute Gasteiger partial charge is 0.224 e. The van der Waals surface area contributed by atoms with Crippen molar-refractivity contribution in [2.24, 2.45) is 5.92 Å². The van der Waals surface area contributed by atoms with E-state index < -0.39 is 0 Å². The predicted molar refractivity (Wildman–Crippen MR) is 77.9 cm³/mol. The molecule has 0 aliphatic carbocycles. The van der Waals surface area contributed by atoms with Gasteiger partial charge in [-0.1, -0.05) is 18.2 Å². The van der Waals surface area contributed by atoms with Crippen molar-refractivity contribution in [2.45, 2.75) is 25.5 Å². The van der Waals surface area contributed by atoms with Gasteiger partial charge in [0.1, 0.15) is 11.8 Å². The quantitative estimate of drug-likeness (QED) is 0.805. The number of carbonyl (C=O) groups is 1. The van der Waals surface area contributed by atoms with E-state index in [1.165, 1.54) is 0 Å². The molecule has 1 amide bonds. The molecule has 1 fully saturated rings. The predicted octanol–water partition coefficient (Wildman–Crippen LogP) is 3.47. The summed E-state index contributed by atoms with van der Waals surface area (Å²) in [5, 5.41) is 0. The molecule has 2 aliphatic rings. The number of amides is 1. The monoisotopic (exact) mass is 283 g/mol. The summed E-state index contributed by atoms with van der Waals surface area (Å²) < 4.78 is 11.6. The number of hydrogen-bond donors (Lipinski definition) is 0. The van der Waals surface area contributed by atoms with Crippen molar-refractivity contribution >= 4 is 11.6 Å². The molecule has 0 bridgehead atoms. The van der Waals surface area contributed by atoms with Crippen LogP contribution in [0.5, 0.6) is 0 Å². The van der Waals surface area contributed by atoms with Crippen LogP contribution in [-0.2, 0) is 9.53 Å². The fraction of sp³-hybridized carbons (Fsp3) is 0.353. The normalized spacial score (nSPS) is 27.3. The molecule has 4 rings (SSSR count). The van der Waals surface area contributed by atoms with Crippen LogP contribution in [0, 0.1) is 5.92 Å². The number of rotatable bonds is 1. The third-order valence-electron chi connectivity index (χ3n) is 4.50. The first-order valence-corrected chi connectivity index (χ1v) is 7.31. The minimum absolute atomic E-state index is 0.0363. The Labute approximate surface area is 123 Å². The van der Waals surface area contributed by atoms with Crippen molar-refractivity contribution in [1.29, 1.82) is 0 Å². The first-order chi connectivity index (χ1) is 10.3. The van der Waals surface area contributed by atoms with Crippen LogP contribution in [-0.4, -0.2) is 12.5 Å². The molecule has 0 saturated carbocycles. The summed E-state index contributed by atoms with van der Waals surface area (Å²) in [7, 11) is 0. The second kappa shape index (κ2) is 4.74. The molecule has 0 N–H and O–H groups in total. The lowest BCUT2D eigenvalue weighted by atomic mass is 9.81. The summed E-state index contributed by atoms with van der Waals surface area (Å²) in [6.07, 6.45) is 2.65. The third-order valence-corrected chi connectivity index (χ3v) is 4.50. The van der Waals surface area contributed by atoms with Gasteiger partial charge in [0.25, 0.3) is 0 Å². The van der Waals surface area contributed by atoms with Gasteiger partial charge in [0.2, 0.25) is 5.91 Å². The molecule has 4 nitrogen and oxygen atoms in total. The molecular weight excluding hydrogens is 266 g/mol. The summed E-state index contributed by atoms with van der Waals surface area (Å²) >= 11 is 0. The number of fused-ring (bicyclic) bond motifs is 3. The SMILES string of the molecule is CC(=O)N1c2ccccc2[C@H]2OCC[C@@H]2[C@H]1c1ccco1. The Kier molecular flexibility index (Phi) is 2.86. The van der Waals surface area contributed by atoms with Gasteiger partial charge in [-0.3, -0.25) is 4.79 Å². The van der Waals surface area contributed by atoms with Gasteiger partial charge in [-0.15, -0.1) is 0 Å².